The number of fused-ring (bicyclic) bond motifs is 1. The van der Waals surface area contributed by atoms with Crippen LogP contribution in [0.5, 0.6) is 5.75 Å². The lowest BCUT2D eigenvalue weighted by atomic mass is 10.1. The average Bonchev–Trinajstić information content (AvgIpc) is 2.88. The number of anilines is 1. The molecular formula is C20H18N2O5. The molecule has 1 aliphatic rings. The Morgan fingerprint density at radius 1 is 0.963 bits per heavy atom. The Balaban J connectivity index is 1.48. The zero-order valence-electron chi connectivity index (χ0n) is 14.7. The van der Waals surface area contributed by atoms with Crippen LogP contribution in [0.4, 0.5) is 5.69 Å². The van der Waals surface area contributed by atoms with Crippen LogP contribution in [0.15, 0.2) is 48.5 Å². The monoisotopic (exact) mass is 366 g/mol. The van der Waals surface area contributed by atoms with Crippen molar-refractivity contribution in [2.45, 2.75) is 19.8 Å². The summed E-state index contributed by atoms with van der Waals surface area (Å²) in [7, 11) is 0. The maximum atomic E-state index is 12.2. The van der Waals surface area contributed by atoms with Crippen LogP contribution in [0.25, 0.3) is 0 Å². The zero-order chi connectivity index (χ0) is 19.4. The Kier molecular flexibility index (Phi) is 5.30. The quantitative estimate of drug-likeness (QED) is 0.482. The van der Waals surface area contributed by atoms with Gasteiger partial charge < -0.3 is 10.1 Å². The van der Waals surface area contributed by atoms with Crippen molar-refractivity contribution in [2.75, 3.05) is 11.9 Å². The molecule has 1 N–H and O–H groups in total. The Morgan fingerprint density at radius 3 is 2.11 bits per heavy atom. The summed E-state index contributed by atoms with van der Waals surface area (Å²) in [5, 5.41) is 2.62. The van der Waals surface area contributed by atoms with E-state index < -0.39 is 5.97 Å². The molecule has 2 aromatic carbocycles. The molecule has 0 bridgehead atoms. The highest BCUT2D eigenvalue weighted by atomic mass is 16.5. The minimum absolute atomic E-state index is 0.0703. The summed E-state index contributed by atoms with van der Waals surface area (Å²) in [5.41, 5.74) is 1.39. The first-order chi connectivity index (χ1) is 13.0. The number of amides is 3. The summed E-state index contributed by atoms with van der Waals surface area (Å²) in [4.78, 5) is 48.6. The van der Waals surface area contributed by atoms with Gasteiger partial charge in [0.25, 0.3) is 11.8 Å². The first-order valence-electron chi connectivity index (χ1n) is 8.49. The van der Waals surface area contributed by atoms with Gasteiger partial charge in [-0.25, -0.2) is 0 Å². The van der Waals surface area contributed by atoms with Gasteiger partial charge in [-0.05, 0) is 42.8 Å². The Hall–Kier alpha value is -3.48. The summed E-state index contributed by atoms with van der Waals surface area (Å²) in [6.07, 6.45) is 0.384. The molecule has 0 aliphatic carbocycles. The van der Waals surface area contributed by atoms with Crippen LogP contribution in [0.3, 0.4) is 0 Å². The smallest absolute Gasteiger partial charge is 0.311 e. The molecule has 27 heavy (non-hydrogen) atoms. The van der Waals surface area contributed by atoms with E-state index in [2.05, 4.69) is 5.32 Å². The molecule has 0 saturated carbocycles. The van der Waals surface area contributed by atoms with Gasteiger partial charge in [0.05, 0.1) is 11.1 Å². The van der Waals surface area contributed by atoms with E-state index in [0.717, 1.165) is 4.90 Å². The van der Waals surface area contributed by atoms with Crippen molar-refractivity contribution in [2.24, 2.45) is 0 Å². The highest BCUT2D eigenvalue weighted by Crippen LogP contribution is 2.23. The van der Waals surface area contributed by atoms with E-state index in [9.17, 15) is 19.2 Å². The number of nitrogens with zero attached hydrogens (tertiary/aromatic N) is 1. The maximum absolute atomic E-state index is 12.2. The van der Waals surface area contributed by atoms with E-state index in [1.54, 1.807) is 48.5 Å². The number of hydrogen-bond acceptors (Lipinski definition) is 5. The second-order valence-electron chi connectivity index (χ2n) is 6.09. The lowest BCUT2D eigenvalue weighted by molar-refractivity contribution is -0.134. The standard InChI is InChI=1S/C20H18N2O5/c1-13(23)21-14-8-10-15(11-9-14)27-18(24)7-4-12-22-19(25)16-5-2-3-6-17(16)20(22)26/h2-3,5-6,8-11H,4,7,12H2,1H3,(H,21,23). The first kappa shape index (κ1) is 18.3. The van der Waals surface area contributed by atoms with Gasteiger partial charge in [-0.15, -0.1) is 0 Å². The number of rotatable bonds is 6. The van der Waals surface area contributed by atoms with Gasteiger partial charge >= 0.3 is 5.97 Å². The molecule has 1 aliphatic heterocycles. The second-order valence-corrected chi connectivity index (χ2v) is 6.09. The molecule has 7 heteroatoms. The largest absolute Gasteiger partial charge is 0.427 e. The molecule has 0 atom stereocenters. The van der Waals surface area contributed by atoms with Crippen molar-refractivity contribution in [3.05, 3.63) is 59.7 Å². The van der Waals surface area contributed by atoms with E-state index in [0.29, 0.717) is 29.0 Å². The topological polar surface area (TPSA) is 92.8 Å². The summed E-state index contributed by atoms with van der Waals surface area (Å²) in [5.74, 6) is -0.961. The van der Waals surface area contributed by atoms with E-state index in [4.69, 9.17) is 4.74 Å². The van der Waals surface area contributed by atoms with Crippen molar-refractivity contribution in [1.82, 2.24) is 4.90 Å². The third-order valence-electron chi connectivity index (χ3n) is 4.05. The minimum atomic E-state index is -0.459. The van der Waals surface area contributed by atoms with Crippen LogP contribution >= 0.6 is 0 Å². The highest BCUT2D eigenvalue weighted by Gasteiger charge is 2.34. The molecule has 2 aromatic rings. The predicted octanol–water partition coefficient (Wildman–Crippen LogP) is 2.63. The van der Waals surface area contributed by atoms with Crippen LogP contribution < -0.4 is 10.1 Å². The third-order valence-corrected chi connectivity index (χ3v) is 4.05. The van der Waals surface area contributed by atoms with Gasteiger partial charge in [-0.3, -0.25) is 24.1 Å². The van der Waals surface area contributed by atoms with Crippen molar-refractivity contribution in [3.63, 3.8) is 0 Å². The van der Waals surface area contributed by atoms with Crippen LogP contribution in [-0.2, 0) is 9.59 Å². The number of esters is 1. The fourth-order valence-electron chi connectivity index (χ4n) is 2.82. The summed E-state index contributed by atoms with van der Waals surface area (Å²) >= 11 is 0. The third kappa shape index (κ3) is 4.20. The second kappa shape index (κ2) is 7.82. The molecule has 3 amide bonds. The van der Waals surface area contributed by atoms with Crippen LogP contribution in [0.2, 0.25) is 0 Å². The van der Waals surface area contributed by atoms with Crippen LogP contribution in [0.1, 0.15) is 40.5 Å². The Morgan fingerprint density at radius 2 is 1.56 bits per heavy atom. The number of ether oxygens (including phenoxy) is 1. The van der Waals surface area contributed by atoms with Crippen LogP contribution in [-0.4, -0.2) is 35.1 Å². The van der Waals surface area contributed by atoms with Crippen molar-refractivity contribution in [3.8, 4) is 5.75 Å². The number of carbonyl (C=O) groups excluding carboxylic acids is 4. The predicted molar refractivity (Wildman–Crippen MR) is 97.4 cm³/mol. The molecule has 0 unspecified atom stereocenters. The number of imide groups is 1. The average molecular weight is 366 g/mol. The van der Waals surface area contributed by atoms with Gasteiger partial charge in [-0.1, -0.05) is 12.1 Å². The molecule has 1 heterocycles. The van der Waals surface area contributed by atoms with Crippen molar-refractivity contribution >= 4 is 29.4 Å². The summed E-state index contributed by atoms with van der Waals surface area (Å²) in [6.45, 7) is 1.56. The van der Waals surface area contributed by atoms with Crippen molar-refractivity contribution in [1.29, 1.82) is 0 Å². The minimum Gasteiger partial charge on any atom is -0.427 e. The Bertz CT molecular complexity index is 870. The van der Waals surface area contributed by atoms with Gasteiger partial charge in [0, 0.05) is 25.6 Å². The molecule has 0 radical (unpaired) electrons. The number of hydrogen-bond donors (Lipinski definition) is 1. The molecule has 138 valence electrons. The van der Waals surface area contributed by atoms with Gasteiger partial charge in [0.1, 0.15) is 5.75 Å². The SMILES string of the molecule is CC(=O)Nc1ccc(OC(=O)CCCN2C(=O)c3ccccc3C2=O)cc1. The van der Waals surface area contributed by atoms with Gasteiger partial charge in [-0.2, -0.15) is 0 Å². The van der Waals surface area contributed by atoms with Gasteiger partial charge in [0.2, 0.25) is 5.91 Å². The molecule has 0 saturated heterocycles. The molecule has 7 nitrogen and oxygen atoms in total. The van der Waals surface area contributed by atoms with E-state index in [-0.39, 0.29) is 30.7 Å². The molecule has 0 fully saturated rings. The van der Waals surface area contributed by atoms with Crippen LogP contribution in [0, 0.1) is 0 Å². The lowest BCUT2D eigenvalue weighted by Crippen LogP contribution is -2.31. The zero-order valence-corrected chi connectivity index (χ0v) is 14.7. The lowest BCUT2D eigenvalue weighted by Gasteiger charge is -2.13. The maximum Gasteiger partial charge on any atom is 0.311 e. The normalized spacial score (nSPS) is 12.7. The first-order valence-corrected chi connectivity index (χ1v) is 8.49. The fraction of sp³-hybridized carbons (Fsp3) is 0.200. The number of carbonyl (C=O) groups is 4. The fourth-order valence-corrected chi connectivity index (χ4v) is 2.82. The Labute approximate surface area is 155 Å². The molecular weight excluding hydrogens is 348 g/mol. The number of nitrogens with one attached hydrogen (secondary N) is 1. The highest BCUT2D eigenvalue weighted by molar-refractivity contribution is 6.21. The summed E-state index contributed by atoms with van der Waals surface area (Å²) in [6, 6.07) is 13.1. The van der Waals surface area contributed by atoms with Crippen molar-refractivity contribution < 1.29 is 23.9 Å². The molecule has 0 spiro atoms. The summed E-state index contributed by atoms with van der Waals surface area (Å²) < 4.78 is 5.21. The molecule has 3 rings (SSSR count). The van der Waals surface area contributed by atoms with E-state index in [1.165, 1.54) is 6.92 Å². The molecule has 0 aromatic heterocycles. The number of benzene rings is 2. The van der Waals surface area contributed by atoms with E-state index in [1.807, 2.05) is 0 Å². The van der Waals surface area contributed by atoms with E-state index >= 15 is 0 Å². The van der Waals surface area contributed by atoms with Gasteiger partial charge in [0.15, 0.2) is 0 Å².